The van der Waals surface area contributed by atoms with Crippen molar-refractivity contribution in [3.8, 4) is 0 Å². The average Bonchev–Trinajstić information content (AvgIpc) is 2.52. The molecule has 0 bridgehead atoms. The first kappa shape index (κ1) is 10.4. The van der Waals surface area contributed by atoms with Crippen molar-refractivity contribution in [3.63, 3.8) is 0 Å². The molecule has 2 unspecified atom stereocenters. The van der Waals surface area contributed by atoms with E-state index >= 15 is 0 Å². The monoisotopic (exact) mass is 204 g/mol. The highest BCUT2D eigenvalue weighted by atomic mass is 32.2. The van der Waals surface area contributed by atoms with E-state index in [-0.39, 0.29) is 5.97 Å². The smallest absolute Gasteiger partial charge is 0.311 e. The van der Waals surface area contributed by atoms with E-state index in [0.29, 0.717) is 17.9 Å². The lowest BCUT2D eigenvalue weighted by Gasteiger charge is -2.14. The highest BCUT2D eigenvalue weighted by Gasteiger charge is 2.35. The van der Waals surface area contributed by atoms with Gasteiger partial charge in [0.2, 0.25) is 0 Å². The van der Waals surface area contributed by atoms with E-state index in [0.717, 1.165) is 0 Å². The van der Waals surface area contributed by atoms with Gasteiger partial charge in [0.25, 0.3) is 0 Å². The third kappa shape index (κ3) is 2.62. The number of carbonyl (C=O) groups is 2. The Balaban J connectivity index is 2.48. The largest absolute Gasteiger partial charge is 0.481 e. The maximum atomic E-state index is 10.9. The normalized spacial score (nSPS) is 27.2. The minimum Gasteiger partial charge on any atom is -0.481 e. The van der Waals surface area contributed by atoms with Crippen molar-refractivity contribution in [3.05, 3.63) is 0 Å². The molecule has 2 atom stereocenters. The first-order valence-corrected chi connectivity index (χ1v) is 5.30. The zero-order chi connectivity index (χ0) is 9.84. The van der Waals surface area contributed by atoms with Gasteiger partial charge in [-0.1, -0.05) is 6.92 Å². The molecule has 0 aromatic carbocycles. The van der Waals surface area contributed by atoms with E-state index in [1.165, 1.54) is 11.8 Å². The summed E-state index contributed by atoms with van der Waals surface area (Å²) in [5.41, 5.74) is 0. The molecule has 1 aliphatic rings. The molecule has 0 saturated carbocycles. The lowest BCUT2D eigenvalue weighted by Crippen LogP contribution is -2.30. The number of aliphatic carboxylic acids is 1. The van der Waals surface area contributed by atoms with E-state index in [1.54, 1.807) is 6.92 Å². The molecule has 0 amide bonds. The summed E-state index contributed by atoms with van der Waals surface area (Å²) in [4.78, 5) is 21.6. The van der Waals surface area contributed by atoms with Gasteiger partial charge < -0.3 is 9.84 Å². The van der Waals surface area contributed by atoms with Gasteiger partial charge in [-0.25, -0.2) is 0 Å². The second kappa shape index (κ2) is 4.50. The Bertz CT molecular complexity index is 216. The summed E-state index contributed by atoms with van der Waals surface area (Å²) in [5.74, 6) is -0.585. The van der Waals surface area contributed by atoms with Crippen LogP contribution in [0.4, 0.5) is 0 Å². The van der Waals surface area contributed by atoms with E-state index in [4.69, 9.17) is 9.84 Å². The second-order valence-corrected chi connectivity index (χ2v) is 3.94. The van der Waals surface area contributed by atoms with Crippen molar-refractivity contribution < 1.29 is 19.4 Å². The molecule has 1 aliphatic heterocycles. The first-order valence-electron chi connectivity index (χ1n) is 4.15. The van der Waals surface area contributed by atoms with Crippen LogP contribution in [-0.2, 0) is 14.3 Å². The highest BCUT2D eigenvalue weighted by molar-refractivity contribution is 7.99. The van der Waals surface area contributed by atoms with Crippen molar-refractivity contribution >= 4 is 23.7 Å². The van der Waals surface area contributed by atoms with Crippen molar-refractivity contribution in [2.45, 2.75) is 19.4 Å². The molecule has 1 heterocycles. The number of thioether (sulfide) groups is 1. The number of carboxylic acids is 1. The minimum atomic E-state index is -0.876. The van der Waals surface area contributed by atoms with Gasteiger partial charge in [-0.15, -0.1) is 0 Å². The molecule has 0 spiro atoms. The van der Waals surface area contributed by atoms with Gasteiger partial charge in [-0.05, 0) is 0 Å². The highest BCUT2D eigenvalue weighted by Crippen LogP contribution is 2.27. The number of hydrogen-bond acceptors (Lipinski definition) is 4. The molecule has 0 aliphatic carbocycles. The zero-order valence-electron chi connectivity index (χ0n) is 7.36. The third-order valence-electron chi connectivity index (χ3n) is 1.92. The maximum absolute atomic E-state index is 10.9. The van der Waals surface area contributed by atoms with Gasteiger partial charge in [-0.3, -0.25) is 9.59 Å². The predicted molar refractivity (Wildman–Crippen MR) is 48.6 cm³/mol. The van der Waals surface area contributed by atoms with Crippen LogP contribution in [0.5, 0.6) is 0 Å². The van der Waals surface area contributed by atoms with Gasteiger partial charge in [-0.2, -0.15) is 11.8 Å². The van der Waals surface area contributed by atoms with Gasteiger partial charge in [0.05, 0.1) is 0 Å². The average molecular weight is 204 g/mol. The molecule has 5 heteroatoms. The Morgan fingerprint density at radius 1 is 1.54 bits per heavy atom. The summed E-state index contributed by atoms with van der Waals surface area (Å²) < 4.78 is 4.99. The fourth-order valence-electron chi connectivity index (χ4n) is 1.13. The molecular formula is C8H12O4S. The SMILES string of the molecule is CCC(=O)OC1CSCC1C(=O)O. The van der Waals surface area contributed by atoms with Crippen LogP contribution in [0.15, 0.2) is 0 Å². The molecule has 1 N–H and O–H groups in total. The molecule has 0 radical (unpaired) electrons. The minimum absolute atomic E-state index is 0.299. The van der Waals surface area contributed by atoms with Gasteiger partial charge in [0, 0.05) is 17.9 Å². The van der Waals surface area contributed by atoms with Crippen LogP contribution in [-0.4, -0.2) is 34.7 Å². The Morgan fingerprint density at radius 2 is 2.23 bits per heavy atom. The Labute approximate surface area is 80.6 Å². The van der Waals surface area contributed by atoms with Crippen LogP contribution in [0, 0.1) is 5.92 Å². The van der Waals surface area contributed by atoms with Gasteiger partial charge in [0.1, 0.15) is 12.0 Å². The molecule has 1 fully saturated rings. The quantitative estimate of drug-likeness (QED) is 0.687. The van der Waals surface area contributed by atoms with Gasteiger partial charge >= 0.3 is 11.9 Å². The zero-order valence-corrected chi connectivity index (χ0v) is 8.17. The summed E-state index contributed by atoms with van der Waals surface area (Å²) >= 11 is 1.51. The molecule has 0 aromatic heterocycles. The Hall–Kier alpha value is -0.710. The number of esters is 1. The van der Waals surface area contributed by atoms with Crippen molar-refractivity contribution in [2.24, 2.45) is 5.92 Å². The molecule has 1 saturated heterocycles. The molecule has 13 heavy (non-hydrogen) atoms. The molecular weight excluding hydrogens is 192 g/mol. The van der Waals surface area contributed by atoms with Gasteiger partial charge in [0.15, 0.2) is 0 Å². The first-order chi connectivity index (χ1) is 6.15. The van der Waals surface area contributed by atoms with Crippen LogP contribution in [0.2, 0.25) is 0 Å². The third-order valence-corrected chi connectivity index (χ3v) is 3.08. The summed E-state index contributed by atoms with van der Waals surface area (Å²) in [6.45, 7) is 1.69. The topological polar surface area (TPSA) is 63.6 Å². The predicted octanol–water partition coefficient (Wildman–Crippen LogP) is 0.756. The molecule has 1 rings (SSSR count). The molecule has 4 nitrogen and oxygen atoms in total. The number of carbonyl (C=O) groups excluding carboxylic acids is 1. The number of carboxylic acid groups (broad SMARTS) is 1. The molecule has 74 valence electrons. The second-order valence-electron chi connectivity index (χ2n) is 2.86. The van der Waals surface area contributed by atoms with Crippen molar-refractivity contribution in [1.82, 2.24) is 0 Å². The van der Waals surface area contributed by atoms with Crippen LogP contribution >= 0.6 is 11.8 Å². The summed E-state index contributed by atoms with van der Waals surface area (Å²) in [6.07, 6.45) is -0.136. The van der Waals surface area contributed by atoms with Crippen LogP contribution in [0.25, 0.3) is 0 Å². The summed E-state index contributed by atoms with van der Waals surface area (Å²) in [5, 5.41) is 8.76. The summed E-state index contributed by atoms with van der Waals surface area (Å²) in [6, 6.07) is 0. The van der Waals surface area contributed by atoms with Crippen LogP contribution in [0.3, 0.4) is 0 Å². The van der Waals surface area contributed by atoms with Crippen LogP contribution < -0.4 is 0 Å². The standard InChI is InChI=1S/C8H12O4S/c1-2-7(9)12-6-4-13-3-5(6)8(10)11/h5-6H,2-4H2,1H3,(H,10,11). The summed E-state index contributed by atoms with van der Waals surface area (Å²) in [7, 11) is 0. The Kier molecular flexibility index (Phi) is 3.59. The maximum Gasteiger partial charge on any atom is 0.311 e. The van der Waals surface area contributed by atoms with E-state index < -0.39 is 18.0 Å². The fourth-order valence-corrected chi connectivity index (χ4v) is 2.41. The van der Waals surface area contributed by atoms with Crippen molar-refractivity contribution in [1.29, 1.82) is 0 Å². The number of ether oxygens (including phenoxy) is 1. The fraction of sp³-hybridized carbons (Fsp3) is 0.750. The molecule has 0 aromatic rings. The Morgan fingerprint density at radius 3 is 2.77 bits per heavy atom. The number of hydrogen-bond donors (Lipinski definition) is 1. The van der Waals surface area contributed by atoms with E-state index in [9.17, 15) is 9.59 Å². The lowest BCUT2D eigenvalue weighted by molar-refractivity contribution is -0.155. The van der Waals surface area contributed by atoms with E-state index in [1.807, 2.05) is 0 Å². The lowest BCUT2D eigenvalue weighted by atomic mass is 10.1. The van der Waals surface area contributed by atoms with Crippen molar-refractivity contribution in [2.75, 3.05) is 11.5 Å². The van der Waals surface area contributed by atoms with Crippen LogP contribution in [0.1, 0.15) is 13.3 Å². The number of rotatable bonds is 3. The van der Waals surface area contributed by atoms with E-state index in [2.05, 4.69) is 0 Å².